The number of rotatable bonds is 3. The monoisotopic (exact) mass is 406 g/mol. The zero-order valence-corrected chi connectivity index (χ0v) is 15.0. The molecule has 0 saturated heterocycles. The van der Waals surface area contributed by atoms with Gasteiger partial charge in [-0.25, -0.2) is 13.4 Å². The Labute approximate surface area is 145 Å². The molecule has 4 nitrogen and oxygen atoms in total. The van der Waals surface area contributed by atoms with Crippen LogP contribution in [0.3, 0.4) is 0 Å². The van der Waals surface area contributed by atoms with Crippen molar-refractivity contribution in [2.45, 2.75) is 9.96 Å². The number of sulfone groups is 1. The number of aromatic amines is 1. The van der Waals surface area contributed by atoms with E-state index in [1.807, 2.05) is 24.3 Å². The maximum absolute atomic E-state index is 12.4. The highest BCUT2D eigenvalue weighted by Gasteiger charge is 2.17. The first-order chi connectivity index (χ1) is 11.0. The lowest BCUT2D eigenvalue weighted by molar-refractivity contribution is 0.597. The smallest absolute Gasteiger partial charge is 0.191 e. The maximum atomic E-state index is 12.4. The van der Waals surface area contributed by atoms with Gasteiger partial charge in [-0.05, 0) is 51.1 Å². The molecule has 0 spiro atoms. The van der Waals surface area contributed by atoms with Gasteiger partial charge in [-0.2, -0.15) is 0 Å². The molecule has 0 saturated carbocycles. The van der Waals surface area contributed by atoms with Crippen molar-refractivity contribution in [1.82, 2.24) is 9.97 Å². The van der Waals surface area contributed by atoms with Crippen molar-refractivity contribution in [2.75, 3.05) is 0 Å². The van der Waals surface area contributed by atoms with Crippen molar-refractivity contribution in [3.05, 3.63) is 58.0 Å². The molecule has 0 radical (unpaired) electrons. The quantitative estimate of drug-likeness (QED) is 0.544. The van der Waals surface area contributed by atoms with Gasteiger partial charge in [-0.3, -0.25) is 0 Å². The summed E-state index contributed by atoms with van der Waals surface area (Å²) in [6.07, 6.45) is 1.73. The molecule has 0 amide bonds. The molecule has 3 heterocycles. The van der Waals surface area contributed by atoms with Crippen LogP contribution >= 0.6 is 27.3 Å². The van der Waals surface area contributed by atoms with Gasteiger partial charge in [-0.1, -0.05) is 12.1 Å². The number of pyridine rings is 1. The standard InChI is InChI=1S/C16H11BrN2O2S2/c17-12-5-6-18-16-15(12)11-8-10(3-4-13(11)19-16)9-23(20,21)14-2-1-7-22-14/h1-8H,9H2,(H,18,19). The molecule has 0 fully saturated rings. The van der Waals surface area contributed by atoms with Gasteiger partial charge in [0.15, 0.2) is 9.84 Å². The number of hydrogen-bond acceptors (Lipinski definition) is 4. The van der Waals surface area contributed by atoms with Crippen LogP contribution < -0.4 is 0 Å². The number of hydrogen-bond donors (Lipinski definition) is 1. The Kier molecular flexibility index (Phi) is 3.51. The number of aromatic nitrogens is 2. The molecule has 0 atom stereocenters. The molecule has 0 aliphatic carbocycles. The van der Waals surface area contributed by atoms with Gasteiger partial charge in [0.25, 0.3) is 0 Å². The number of fused-ring (bicyclic) bond motifs is 3. The van der Waals surface area contributed by atoms with E-state index in [4.69, 9.17) is 0 Å². The molecule has 0 bridgehead atoms. The summed E-state index contributed by atoms with van der Waals surface area (Å²) in [6, 6.07) is 10.9. The van der Waals surface area contributed by atoms with E-state index >= 15 is 0 Å². The Morgan fingerprint density at radius 3 is 2.87 bits per heavy atom. The normalized spacial score (nSPS) is 12.2. The fourth-order valence-corrected chi connectivity index (χ4v) is 5.59. The van der Waals surface area contributed by atoms with E-state index in [9.17, 15) is 8.42 Å². The Morgan fingerprint density at radius 1 is 1.22 bits per heavy atom. The lowest BCUT2D eigenvalue weighted by Crippen LogP contribution is -2.02. The van der Waals surface area contributed by atoms with Crippen LogP contribution in [0.2, 0.25) is 0 Å². The summed E-state index contributed by atoms with van der Waals surface area (Å²) in [7, 11) is -3.30. The van der Waals surface area contributed by atoms with E-state index in [0.29, 0.717) is 4.21 Å². The second-order valence-corrected chi connectivity index (χ2v) is 9.23. The second-order valence-electron chi connectivity index (χ2n) is 5.21. The van der Waals surface area contributed by atoms with Gasteiger partial charge in [0, 0.05) is 27.0 Å². The summed E-state index contributed by atoms with van der Waals surface area (Å²) in [5.74, 6) is -0.00594. The third-order valence-corrected chi connectivity index (χ3v) is 7.50. The Hall–Kier alpha value is -1.70. The fourth-order valence-electron chi connectivity index (χ4n) is 2.64. The minimum atomic E-state index is -3.30. The molecule has 0 aliphatic rings. The first-order valence-electron chi connectivity index (χ1n) is 6.86. The SMILES string of the molecule is O=S(=O)(Cc1ccc2[nH]c3nccc(Br)c3c2c1)c1cccs1. The number of nitrogens with one attached hydrogen (secondary N) is 1. The highest BCUT2D eigenvalue weighted by atomic mass is 79.9. The highest BCUT2D eigenvalue weighted by molar-refractivity contribution is 9.10. The molecule has 23 heavy (non-hydrogen) atoms. The van der Waals surface area contributed by atoms with E-state index in [2.05, 4.69) is 25.9 Å². The van der Waals surface area contributed by atoms with Crippen molar-refractivity contribution in [1.29, 1.82) is 0 Å². The number of halogens is 1. The van der Waals surface area contributed by atoms with Crippen LogP contribution in [0.4, 0.5) is 0 Å². The Balaban J connectivity index is 1.84. The molecule has 116 valence electrons. The molecule has 1 aromatic carbocycles. The summed E-state index contributed by atoms with van der Waals surface area (Å²) in [5.41, 5.74) is 2.49. The molecule has 1 N–H and O–H groups in total. The van der Waals surface area contributed by atoms with E-state index in [1.54, 1.807) is 23.7 Å². The third kappa shape index (κ3) is 2.58. The summed E-state index contributed by atoms with van der Waals surface area (Å²) in [5, 5.41) is 3.72. The Bertz CT molecular complexity index is 1120. The molecule has 4 aromatic rings. The predicted molar refractivity (Wildman–Crippen MR) is 96.5 cm³/mol. The van der Waals surface area contributed by atoms with Crippen LogP contribution in [0.15, 0.2) is 56.7 Å². The summed E-state index contributed by atoms with van der Waals surface area (Å²) in [6.45, 7) is 0. The zero-order valence-electron chi connectivity index (χ0n) is 11.8. The average molecular weight is 407 g/mol. The van der Waals surface area contributed by atoms with Crippen molar-refractivity contribution in [3.8, 4) is 0 Å². The van der Waals surface area contributed by atoms with Gasteiger partial charge >= 0.3 is 0 Å². The van der Waals surface area contributed by atoms with Gasteiger partial charge in [0.05, 0.1) is 5.75 Å². The first kappa shape index (κ1) is 14.9. The molecule has 0 aliphatic heterocycles. The number of thiophene rings is 1. The minimum absolute atomic E-state index is 0.00594. The predicted octanol–water partition coefficient (Wildman–Crippen LogP) is 4.51. The summed E-state index contributed by atoms with van der Waals surface area (Å²) >= 11 is 4.79. The first-order valence-corrected chi connectivity index (χ1v) is 10.2. The van der Waals surface area contributed by atoms with E-state index in [0.717, 1.165) is 32.0 Å². The second kappa shape index (κ2) is 5.43. The van der Waals surface area contributed by atoms with Crippen molar-refractivity contribution >= 4 is 59.0 Å². The number of H-pyrrole nitrogens is 1. The van der Waals surface area contributed by atoms with Crippen molar-refractivity contribution in [2.24, 2.45) is 0 Å². The third-order valence-electron chi connectivity index (χ3n) is 3.66. The Morgan fingerprint density at radius 2 is 2.09 bits per heavy atom. The molecular formula is C16H11BrN2O2S2. The van der Waals surface area contributed by atoms with Gasteiger partial charge < -0.3 is 4.98 Å². The van der Waals surface area contributed by atoms with Crippen LogP contribution in [-0.2, 0) is 15.6 Å². The molecule has 0 unspecified atom stereocenters. The number of benzene rings is 1. The van der Waals surface area contributed by atoms with Crippen LogP contribution in [0.1, 0.15) is 5.56 Å². The van der Waals surface area contributed by atoms with E-state index < -0.39 is 9.84 Å². The van der Waals surface area contributed by atoms with Crippen LogP contribution in [-0.4, -0.2) is 18.4 Å². The lowest BCUT2D eigenvalue weighted by atomic mass is 10.1. The van der Waals surface area contributed by atoms with Crippen molar-refractivity contribution in [3.63, 3.8) is 0 Å². The zero-order chi connectivity index (χ0) is 16.0. The maximum Gasteiger partial charge on any atom is 0.191 e. The largest absolute Gasteiger partial charge is 0.339 e. The molecule has 7 heteroatoms. The van der Waals surface area contributed by atoms with Crippen LogP contribution in [0.5, 0.6) is 0 Å². The van der Waals surface area contributed by atoms with E-state index in [1.165, 1.54) is 11.3 Å². The highest BCUT2D eigenvalue weighted by Crippen LogP contribution is 2.31. The molecule has 3 aromatic heterocycles. The van der Waals surface area contributed by atoms with Gasteiger partial charge in [0.2, 0.25) is 0 Å². The molecule has 4 rings (SSSR count). The van der Waals surface area contributed by atoms with E-state index in [-0.39, 0.29) is 5.75 Å². The summed E-state index contributed by atoms with van der Waals surface area (Å²) < 4.78 is 26.2. The average Bonchev–Trinajstić information content (AvgIpc) is 3.14. The van der Waals surface area contributed by atoms with Crippen molar-refractivity contribution < 1.29 is 8.42 Å². The minimum Gasteiger partial charge on any atom is -0.339 e. The topological polar surface area (TPSA) is 62.8 Å². The van der Waals surface area contributed by atoms with Gasteiger partial charge in [0.1, 0.15) is 9.86 Å². The fraction of sp³-hybridized carbons (Fsp3) is 0.0625. The molecular weight excluding hydrogens is 396 g/mol. The lowest BCUT2D eigenvalue weighted by Gasteiger charge is -2.03. The number of nitrogens with zero attached hydrogens (tertiary/aromatic N) is 1. The van der Waals surface area contributed by atoms with Crippen LogP contribution in [0, 0.1) is 0 Å². The summed E-state index contributed by atoms with van der Waals surface area (Å²) in [4.78, 5) is 7.57. The van der Waals surface area contributed by atoms with Gasteiger partial charge in [-0.15, -0.1) is 11.3 Å². The van der Waals surface area contributed by atoms with Crippen LogP contribution in [0.25, 0.3) is 21.9 Å².